The van der Waals surface area contributed by atoms with E-state index < -0.39 is 0 Å². The summed E-state index contributed by atoms with van der Waals surface area (Å²) in [6.07, 6.45) is 5.02. The topological polar surface area (TPSA) is 69.6 Å². The average Bonchev–Trinajstić information content (AvgIpc) is 2.58. The Morgan fingerprint density at radius 2 is 2.19 bits per heavy atom. The Morgan fingerprint density at radius 3 is 2.94 bits per heavy atom. The monoisotopic (exact) mass is 331 g/mol. The molecule has 0 saturated heterocycles. The molecule has 2 rings (SSSR count). The summed E-state index contributed by atoms with van der Waals surface area (Å²) in [5.41, 5.74) is 6.66. The van der Waals surface area contributed by atoms with Crippen molar-refractivity contribution < 1.29 is 0 Å². The van der Waals surface area contributed by atoms with Crippen LogP contribution in [0.25, 0.3) is 11.0 Å². The third kappa shape index (κ3) is 2.11. The van der Waals surface area contributed by atoms with Crippen LogP contribution in [0.5, 0.6) is 0 Å². The molecule has 0 aliphatic carbocycles. The summed E-state index contributed by atoms with van der Waals surface area (Å²) in [6.45, 7) is 3.08. The fourth-order valence-corrected chi connectivity index (χ4v) is 2.43. The van der Waals surface area contributed by atoms with Gasteiger partial charge >= 0.3 is 0 Å². The molecule has 0 aliphatic heterocycles. The molecule has 6 heteroatoms. The van der Waals surface area contributed by atoms with Crippen molar-refractivity contribution in [3.63, 3.8) is 0 Å². The van der Waals surface area contributed by atoms with Gasteiger partial charge in [-0.2, -0.15) is 5.10 Å². The van der Waals surface area contributed by atoms with Crippen LogP contribution in [-0.4, -0.2) is 19.7 Å². The Bertz CT molecular complexity index is 493. The number of rotatable bonds is 4. The van der Waals surface area contributed by atoms with Crippen LogP contribution in [0.3, 0.4) is 0 Å². The number of hydrogen-bond donors (Lipinski definition) is 1. The van der Waals surface area contributed by atoms with E-state index in [2.05, 4.69) is 44.6 Å². The number of nitrogens with zero attached hydrogens (tertiary/aromatic N) is 4. The molecule has 86 valence electrons. The van der Waals surface area contributed by atoms with Crippen LogP contribution in [0.15, 0.2) is 6.33 Å². The number of nitrogen functional groups attached to an aromatic ring is 1. The lowest BCUT2D eigenvalue weighted by molar-refractivity contribution is 0.561. The number of halogens is 1. The first-order valence-corrected chi connectivity index (χ1v) is 6.44. The van der Waals surface area contributed by atoms with Crippen LogP contribution in [0.1, 0.15) is 26.2 Å². The van der Waals surface area contributed by atoms with E-state index in [0.29, 0.717) is 5.82 Å². The van der Waals surface area contributed by atoms with E-state index in [4.69, 9.17) is 5.73 Å². The summed E-state index contributed by atoms with van der Waals surface area (Å²) in [7, 11) is 0. The van der Waals surface area contributed by atoms with Crippen molar-refractivity contribution in [1.82, 2.24) is 19.7 Å². The Kier molecular flexibility index (Phi) is 3.57. The van der Waals surface area contributed by atoms with E-state index in [0.717, 1.165) is 27.7 Å². The normalized spacial score (nSPS) is 11.1. The molecule has 0 unspecified atom stereocenters. The summed E-state index contributed by atoms with van der Waals surface area (Å²) in [6, 6.07) is 0. The van der Waals surface area contributed by atoms with Crippen molar-refractivity contribution >= 4 is 39.4 Å². The van der Waals surface area contributed by atoms with Crippen molar-refractivity contribution in [3.8, 4) is 0 Å². The molecule has 2 heterocycles. The quantitative estimate of drug-likeness (QED) is 0.689. The third-order valence-electron chi connectivity index (χ3n) is 2.49. The van der Waals surface area contributed by atoms with Gasteiger partial charge in [-0.3, -0.25) is 0 Å². The second-order valence-electron chi connectivity index (χ2n) is 3.68. The molecule has 2 N–H and O–H groups in total. The first-order chi connectivity index (χ1) is 7.74. The summed E-state index contributed by atoms with van der Waals surface area (Å²) in [5.74, 6) is 0.510. The Morgan fingerprint density at radius 1 is 1.38 bits per heavy atom. The zero-order valence-corrected chi connectivity index (χ0v) is 11.3. The molecule has 0 spiro atoms. The van der Waals surface area contributed by atoms with Crippen LogP contribution < -0.4 is 5.73 Å². The van der Waals surface area contributed by atoms with Crippen molar-refractivity contribution in [2.75, 3.05) is 5.73 Å². The number of aryl methyl sites for hydroxylation is 1. The number of nitrogens with two attached hydrogens (primary N) is 1. The smallest absolute Gasteiger partial charge is 0.164 e. The molecule has 0 fully saturated rings. The lowest BCUT2D eigenvalue weighted by atomic mass is 10.2. The van der Waals surface area contributed by atoms with E-state index in [1.165, 1.54) is 19.2 Å². The lowest BCUT2D eigenvalue weighted by Crippen LogP contribution is -2.02. The molecule has 0 aromatic carbocycles. The largest absolute Gasteiger partial charge is 0.383 e. The predicted octanol–water partition coefficient (Wildman–Crippen LogP) is 2.20. The first-order valence-electron chi connectivity index (χ1n) is 5.36. The van der Waals surface area contributed by atoms with Gasteiger partial charge in [0.1, 0.15) is 15.8 Å². The Hall–Kier alpha value is -0.920. The van der Waals surface area contributed by atoms with E-state index in [-0.39, 0.29) is 0 Å². The van der Waals surface area contributed by atoms with Crippen molar-refractivity contribution in [2.45, 2.75) is 32.7 Å². The van der Waals surface area contributed by atoms with E-state index in [1.54, 1.807) is 0 Å². The Labute approximate surface area is 108 Å². The summed E-state index contributed by atoms with van der Waals surface area (Å²) >= 11 is 2.17. The molecule has 2 aromatic rings. The first kappa shape index (κ1) is 11.6. The summed E-state index contributed by atoms with van der Waals surface area (Å²) in [5, 5.41) is 5.32. The highest BCUT2D eigenvalue weighted by molar-refractivity contribution is 14.1. The molecule has 5 nitrogen and oxygen atoms in total. The van der Waals surface area contributed by atoms with Gasteiger partial charge < -0.3 is 5.73 Å². The van der Waals surface area contributed by atoms with Gasteiger partial charge in [-0.25, -0.2) is 14.6 Å². The fourth-order valence-electron chi connectivity index (χ4n) is 1.65. The highest BCUT2D eigenvalue weighted by Gasteiger charge is 2.12. The van der Waals surface area contributed by atoms with Crippen molar-refractivity contribution in [2.24, 2.45) is 0 Å². The van der Waals surface area contributed by atoms with Crippen LogP contribution in [0, 0.1) is 3.70 Å². The van der Waals surface area contributed by atoms with E-state index >= 15 is 0 Å². The zero-order chi connectivity index (χ0) is 11.5. The van der Waals surface area contributed by atoms with Crippen molar-refractivity contribution in [1.29, 1.82) is 0 Å². The number of anilines is 1. The minimum atomic E-state index is 0.510. The van der Waals surface area contributed by atoms with Gasteiger partial charge in [0.05, 0.1) is 5.39 Å². The average molecular weight is 331 g/mol. The van der Waals surface area contributed by atoms with Gasteiger partial charge in [-0.15, -0.1) is 0 Å². The molecular weight excluding hydrogens is 317 g/mol. The Balaban J connectivity index is 2.36. The van der Waals surface area contributed by atoms with Gasteiger partial charge in [0.15, 0.2) is 5.65 Å². The highest BCUT2D eigenvalue weighted by Crippen LogP contribution is 2.22. The van der Waals surface area contributed by atoms with Gasteiger partial charge in [-0.1, -0.05) is 19.8 Å². The standard InChI is InChI=1S/C10H14IN5/c1-2-3-4-5-16-10-7(8(11)15-16)9(12)13-6-14-10/h6H,2-5H2,1H3,(H2,12,13,14). The van der Waals surface area contributed by atoms with Crippen LogP contribution in [0.4, 0.5) is 5.82 Å². The number of fused-ring (bicyclic) bond motifs is 1. The maximum atomic E-state index is 5.82. The molecule has 0 saturated carbocycles. The van der Waals surface area contributed by atoms with Gasteiger partial charge in [0.2, 0.25) is 0 Å². The zero-order valence-electron chi connectivity index (χ0n) is 9.15. The molecular formula is C10H14IN5. The maximum Gasteiger partial charge on any atom is 0.164 e. The SMILES string of the molecule is CCCCCn1nc(I)c2c(N)ncnc21. The van der Waals surface area contributed by atoms with E-state index in [9.17, 15) is 0 Å². The van der Waals surface area contributed by atoms with Crippen LogP contribution in [-0.2, 0) is 6.54 Å². The lowest BCUT2D eigenvalue weighted by Gasteiger charge is -2.01. The fraction of sp³-hybridized carbons (Fsp3) is 0.500. The maximum absolute atomic E-state index is 5.82. The molecule has 0 bridgehead atoms. The third-order valence-corrected chi connectivity index (χ3v) is 3.24. The van der Waals surface area contributed by atoms with Crippen molar-refractivity contribution in [3.05, 3.63) is 10.0 Å². The minimum absolute atomic E-state index is 0.510. The number of hydrogen-bond acceptors (Lipinski definition) is 4. The molecule has 0 amide bonds. The van der Waals surface area contributed by atoms with Gasteiger partial charge in [0, 0.05) is 6.54 Å². The number of aromatic nitrogens is 4. The van der Waals surface area contributed by atoms with Crippen LogP contribution in [0.2, 0.25) is 0 Å². The summed E-state index contributed by atoms with van der Waals surface area (Å²) in [4.78, 5) is 8.23. The minimum Gasteiger partial charge on any atom is -0.383 e. The second-order valence-corrected chi connectivity index (χ2v) is 4.70. The molecule has 2 aromatic heterocycles. The van der Waals surface area contributed by atoms with Gasteiger partial charge in [-0.05, 0) is 29.0 Å². The predicted molar refractivity (Wildman–Crippen MR) is 72.0 cm³/mol. The molecule has 0 atom stereocenters. The van der Waals surface area contributed by atoms with Gasteiger partial charge in [0.25, 0.3) is 0 Å². The summed E-state index contributed by atoms with van der Waals surface area (Å²) < 4.78 is 2.80. The second kappa shape index (κ2) is 4.94. The molecule has 0 radical (unpaired) electrons. The van der Waals surface area contributed by atoms with Crippen LogP contribution >= 0.6 is 22.6 Å². The highest BCUT2D eigenvalue weighted by atomic mass is 127. The molecule has 0 aliphatic rings. The molecule has 16 heavy (non-hydrogen) atoms. The van der Waals surface area contributed by atoms with E-state index in [1.807, 2.05) is 4.68 Å². The number of unbranched alkanes of at least 4 members (excludes halogenated alkanes) is 2.